The normalized spacial score (nSPS) is 10.7. The summed E-state index contributed by atoms with van der Waals surface area (Å²) >= 11 is 12.1. The second-order valence-electron chi connectivity index (χ2n) is 6.52. The molecule has 0 spiro atoms. The number of benzene rings is 3. The molecular weight excluding hydrogens is 449 g/mol. The summed E-state index contributed by atoms with van der Waals surface area (Å²) in [6.07, 6.45) is 1.41. The Morgan fingerprint density at radius 3 is 2.28 bits per heavy atom. The lowest BCUT2D eigenvalue weighted by Gasteiger charge is -2.09. The lowest BCUT2D eigenvalue weighted by atomic mass is 10.1. The van der Waals surface area contributed by atoms with E-state index in [4.69, 9.17) is 27.9 Å². The highest BCUT2D eigenvalue weighted by Crippen LogP contribution is 2.26. The van der Waals surface area contributed by atoms with E-state index in [9.17, 15) is 14.9 Å². The van der Waals surface area contributed by atoms with Gasteiger partial charge in [0.15, 0.2) is 6.61 Å². The summed E-state index contributed by atoms with van der Waals surface area (Å²) < 4.78 is 5.47. The van der Waals surface area contributed by atoms with E-state index in [2.05, 4.69) is 10.6 Å². The molecule has 0 unspecified atom stereocenters. The van der Waals surface area contributed by atoms with Crippen LogP contribution in [0.3, 0.4) is 0 Å². The fourth-order valence-electron chi connectivity index (χ4n) is 2.63. The van der Waals surface area contributed by atoms with Crippen molar-refractivity contribution in [3.05, 3.63) is 94.0 Å². The van der Waals surface area contributed by atoms with E-state index < -0.39 is 5.91 Å². The number of nitrogens with zero attached hydrogens (tertiary/aromatic N) is 1. The molecule has 3 rings (SSSR count). The van der Waals surface area contributed by atoms with Crippen molar-refractivity contribution in [3.63, 3.8) is 0 Å². The van der Waals surface area contributed by atoms with Crippen molar-refractivity contribution < 1.29 is 14.3 Å². The van der Waals surface area contributed by atoms with Gasteiger partial charge in [-0.3, -0.25) is 9.59 Å². The number of amides is 2. The van der Waals surface area contributed by atoms with E-state index in [1.807, 2.05) is 24.3 Å². The van der Waals surface area contributed by atoms with E-state index in [0.717, 1.165) is 0 Å². The van der Waals surface area contributed by atoms with Gasteiger partial charge in [0, 0.05) is 16.4 Å². The molecule has 0 radical (unpaired) electrons. The zero-order valence-electron chi connectivity index (χ0n) is 16.6. The zero-order valence-corrected chi connectivity index (χ0v) is 18.2. The number of carbonyl (C=O) groups is 2. The van der Waals surface area contributed by atoms with Crippen LogP contribution in [0.1, 0.15) is 5.56 Å². The Morgan fingerprint density at radius 2 is 1.62 bits per heavy atom. The van der Waals surface area contributed by atoms with Gasteiger partial charge in [0.05, 0.1) is 5.02 Å². The van der Waals surface area contributed by atoms with Gasteiger partial charge < -0.3 is 15.4 Å². The van der Waals surface area contributed by atoms with E-state index >= 15 is 0 Å². The molecule has 0 bridgehead atoms. The predicted octanol–water partition coefficient (Wildman–Crippen LogP) is 5.56. The number of anilines is 2. The molecule has 0 heterocycles. The topological polar surface area (TPSA) is 91.2 Å². The third kappa shape index (κ3) is 6.61. The molecule has 2 N–H and O–H groups in total. The quantitative estimate of drug-likeness (QED) is 0.353. The largest absolute Gasteiger partial charge is 0.482 e. The van der Waals surface area contributed by atoms with Crippen LogP contribution in [-0.4, -0.2) is 18.4 Å². The van der Waals surface area contributed by atoms with Gasteiger partial charge in [-0.2, -0.15) is 5.26 Å². The van der Waals surface area contributed by atoms with Crippen LogP contribution in [0.25, 0.3) is 6.08 Å². The third-order valence-electron chi connectivity index (χ3n) is 4.15. The van der Waals surface area contributed by atoms with E-state index in [0.29, 0.717) is 27.7 Å². The minimum atomic E-state index is -0.566. The molecule has 2 amide bonds. The van der Waals surface area contributed by atoms with Crippen molar-refractivity contribution in [2.24, 2.45) is 0 Å². The van der Waals surface area contributed by atoms with Crippen molar-refractivity contribution >= 4 is 52.5 Å². The maximum absolute atomic E-state index is 12.4. The molecule has 160 valence electrons. The Kier molecular flexibility index (Phi) is 7.87. The van der Waals surface area contributed by atoms with Crippen LogP contribution >= 0.6 is 23.2 Å². The highest BCUT2D eigenvalue weighted by molar-refractivity contribution is 6.32. The van der Waals surface area contributed by atoms with Crippen molar-refractivity contribution in [2.75, 3.05) is 17.2 Å². The number of halogens is 2. The molecule has 6 nitrogen and oxygen atoms in total. The number of para-hydroxylation sites is 1. The lowest BCUT2D eigenvalue weighted by molar-refractivity contribution is -0.118. The standard InChI is InChI=1S/C24H17Cl2N3O3/c25-18-7-9-20(10-8-18)29-24(31)17(14-27)12-16-6-11-22(21(26)13-16)32-15-23(30)28-19-4-2-1-3-5-19/h1-13H,15H2,(H,28,30)(H,29,31)/b17-12+. The molecule has 32 heavy (non-hydrogen) atoms. The molecule has 0 aromatic heterocycles. The molecule has 0 aliphatic carbocycles. The summed E-state index contributed by atoms with van der Waals surface area (Å²) in [5.74, 6) is -0.595. The van der Waals surface area contributed by atoms with Gasteiger partial charge in [0.25, 0.3) is 11.8 Å². The van der Waals surface area contributed by atoms with Gasteiger partial charge in [-0.05, 0) is 60.2 Å². The average Bonchev–Trinajstić information content (AvgIpc) is 2.79. The first kappa shape index (κ1) is 22.9. The summed E-state index contributed by atoms with van der Waals surface area (Å²) in [5, 5.41) is 15.5. The minimum absolute atomic E-state index is 0.105. The van der Waals surface area contributed by atoms with Gasteiger partial charge in [-0.25, -0.2) is 0 Å². The molecule has 0 aliphatic heterocycles. The van der Waals surface area contributed by atoms with Gasteiger partial charge in [-0.1, -0.05) is 47.5 Å². The summed E-state index contributed by atoms with van der Waals surface area (Å²) in [5.41, 5.74) is 1.59. The Bertz CT molecular complexity index is 1190. The monoisotopic (exact) mass is 465 g/mol. The Balaban J connectivity index is 1.63. The highest BCUT2D eigenvalue weighted by Gasteiger charge is 2.11. The van der Waals surface area contributed by atoms with Crippen molar-refractivity contribution in [1.29, 1.82) is 5.26 Å². The van der Waals surface area contributed by atoms with Gasteiger partial charge >= 0.3 is 0 Å². The predicted molar refractivity (Wildman–Crippen MR) is 126 cm³/mol. The maximum atomic E-state index is 12.4. The number of hydrogen-bond acceptors (Lipinski definition) is 4. The number of nitrogens with one attached hydrogen (secondary N) is 2. The Hall–Kier alpha value is -3.79. The van der Waals surface area contributed by atoms with Crippen molar-refractivity contribution in [3.8, 4) is 11.8 Å². The number of carbonyl (C=O) groups excluding carboxylic acids is 2. The summed E-state index contributed by atoms with van der Waals surface area (Å²) in [4.78, 5) is 24.4. The first-order chi connectivity index (χ1) is 15.4. The second kappa shape index (κ2) is 11.0. The van der Waals surface area contributed by atoms with Crippen LogP contribution in [0.4, 0.5) is 11.4 Å². The van der Waals surface area contributed by atoms with E-state index in [1.54, 1.807) is 54.6 Å². The smallest absolute Gasteiger partial charge is 0.266 e. The summed E-state index contributed by atoms with van der Waals surface area (Å²) in [6.45, 7) is -0.225. The maximum Gasteiger partial charge on any atom is 0.266 e. The fourth-order valence-corrected chi connectivity index (χ4v) is 3.00. The second-order valence-corrected chi connectivity index (χ2v) is 7.37. The van der Waals surface area contributed by atoms with Crippen LogP contribution in [0.2, 0.25) is 10.0 Å². The first-order valence-corrected chi connectivity index (χ1v) is 10.2. The number of rotatable bonds is 7. The van der Waals surface area contributed by atoms with Gasteiger partial charge in [0.2, 0.25) is 0 Å². The Morgan fingerprint density at radius 1 is 0.938 bits per heavy atom. The molecular formula is C24H17Cl2N3O3. The van der Waals surface area contributed by atoms with Crippen LogP contribution < -0.4 is 15.4 Å². The van der Waals surface area contributed by atoms with Gasteiger partial charge in [0.1, 0.15) is 17.4 Å². The third-order valence-corrected chi connectivity index (χ3v) is 4.70. The molecule has 0 atom stereocenters. The Labute approximate surface area is 195 Å². The van der Waals surface area contributed by atoms with E-state index in [-0.39, 0.29) is 23.1 Å². The van der Waals surface area contributed by atoms with Crippen molar-refractivity contribution in [1.82, 2.24) is 0 Å². The van der Waals surface area contributed by atoms with Crippen molar-refractivity contribution in [2.45, 2.75) is 0 Å². The highest BCUT2D eigenvalue weighted by atomic mass is 35.5. The van der Waals surface area contributed by atoms with Crippen LogP contribution in [0.15, 0.2) is 78.4 Å². The average molecular weight is 466 g/mol. The summed E-state index contributed by atoms with van der Waals surface area (Å²) in [7, 11) is 0. The number of ether oxygens (including phenoxy) is 1. The number of hydrogen-bond donors (Lipinski definition) is 2. The first-order valence-electron chi connectivity index (χ1n) is 9.40. The molecule has 3 aromatic carbocycles. The van der Waals surface area contributed by atoms with Crippen LogP contribution in [0, 0.1) is 11.3 Å². The molecule has 0 saturated carbocycles. The molecule has 3 aromatic rings. The minimum Gasteiger partial charge on any atom is -0.482 e. The molecule has 8 heteroatoms. The lowest BCUT2D eigenvalue weighted by Crippen LogP contribution is -2.20. The molecule has 0 fully saturated rings. The summed E-state index contributed by atoms with van der Waals surface area (Å²) in [6, 6.07) is 22.1. The number of nitriles is 1. The molecule has 0 aliphatic rings. The van der Waals surface area contributed by atoms with E-state index in [1.165, 1.54) is 6.08 Å². The zero-order chi connectivity index (χ0) is 22.9. The SMILES string of the molecule is N#C/C(=C\c1ccc(OCC(=O)Nc2ccccc2)c(Cl)c1)C(=O)Nc1ccc(Cl)cc1. The van der Waals surface area contributed by atoms with Gasteiger partial charge in [-0.15, -0.1) is 0 Å². The molecule has 0 saturated heterocycles. The van der Waals surface area contributed by atoms with Crippen LogP contribution in [-0.2, 0) is 9.59 Å². The fraction of sp³-hybridized carbons (Fsp3) is 0.0417. The van der Waals surface area contributed by atoms with Crippen LogP contribution in [0.5, 0.6) is 5.75 Å².